The molecule has 7 nitrogen and oxygen atoms in total. The molecule has 2 aliphatic rings. The maximum absolute atomic E-state index is 12.7. The van der Waals surface area contributed by atoms with Gasteiger partial charge in [-0.2, -0.15) is 0 Å². The van der Waals surface area contributed by atoms with E-state index >= 15 is 0 Å². The smallest absolute Gasteiger partial charge is 0.260 e. The first-order chi connectivity index (χ1) is 13.5. The third-order valence-electron chi connectivity index (χ3n) is 5.93. The maximum atomic E-state index is 12.7. The molecule has 1 unspecified atom stereocenters. The highest BCUT2D eigenvalue weighted by molar-refractivity contribution is 5.93. The number of nitrogens with one attached hydrogen (secondary N) is 1. The second-order valence-electron chi connectivity index (χ2n) is 7.99. The lowest BCUT2D eigenvalue weighted by Gasteiger charge is -2.32. The van der Waals surface area contributed by atoms with Crippen LogP contribution in [0, 0.1) is 19.8 Å². The Balaban J connectivity index is 1.39. The second kappa shape index (κ2) is 7.91. The molecular formula is C21H28N4O3. The van der Waals surface area contributed by atoms with Crippen molar-refractivity contribution in [3.8, 4) is 0 Å². The van der Waals surface area contributed by atoms with Crippen molar-refractivity contribution in [1.82, 2.24) is 19.4 Å². The molecular weight excluding hydrogens is 356 g/mol. The number of amides is 1. The number of aromatic nitrogens is 3. The number of carbonyl (C=O) groups excluding carboxylic acids is 1. The third-order valence-corrected chi connectivity index (χ3v) is 5.93. The Morgan fingerprint density at radius 2 is 2.04 bits per heavy atom. The van der Waals surface area contributed by atoms with Crippen LogP contribution >= 0.6 is 0 Å². The van der Waals surface area contributed by atoms with Gasteiger partial charge >= 0.3 is 0 Å². The molecule has 2 aliphatic heterocycles. The molecule has 0 saturated carbocycles. The number of aryl methyl sites for hydroxylation is 2. The Kier molecular flexibility index (Phi) is 5.35. The number of hydrogen-bond donors (Lipinski definition) is 1. The van der Waals surface area contributed by atoms with Crippen molar-refractivity contribution in [2.24, 2.45) is 5.92 Å². The van der Waals surface area contributed by atoms with Crippen molar-refractivity contribution in [2.75, 3.05) is 19.7 Å². The summed E-state index contributed by atoms with van der Waals surface area (Å²) in [7, 11) is 0. The van der Waals surface area contributed by atoms with Gasteiger partial charge in [-0.1, -0.05) is 0 Å². The fraction of sp³-hybridized carbons (Fsp3) is 0.571. The zero-order valence-electron chi connectivity index (χ0n) is 16.6. The minimum absolute atomic E-state index is 0.114. The molecule has 4 heterocycles. The molecule has 2 saturated heterocycles. The molecule has 2 aromatic rings. The summed E-state index contributed by atoms with van der Waals surface area (Å²) in [4.78, 5) is 33.9. The van der Waals surface area contributed by atoms with E-state index in [4.69, 9.17) is 4.74 Å². The van der Waals surface area contributed by atoms with Crippen LogP contribution < -0.4 is 5.56 Å². The van der Waals surface area contributed by atoms with E-state index < -0.39 is 0 Å². The van der Waals surface area contributed by atoms with Gasteiger partial charge in [0.25, 0.3) is 11.5 Å². The van der Waals surface area contributed by atoms with Gasteiger partial charge in [0.05, 0.1) is 0 Å². The largest absolute Gasteiger partial charge is 0.370 e. The number of H-pyrrole nitrogens is 1. The predicted molar refractivity (Wildman–Crippen MR) is 105 cm³/mol. The van der Waals surface area contributed by atoms with E-state index in [2.05, 4.69) is 21.5 Å². The summed E-state index contributed by atoms with van der Waals surface area (Å²) in [5.41, 5.74) is 1.85. The Morgan fingerprint density at radius 3 is 2.71 bits per heavy atom. The van der Waals surface area contributed by atoms with Gasteiger partial charge in [-0.05, 0) is 57.6 Å². The van der Waals surface area contributed by atoms with Crippen LogP contribution in [-0.2, 0) is 11.3 Å². The molecule has 4 rings (SSSR count). The number of ether oxygens (including phenoxy) is 1. The average molecular weight is 384 g/mol. The highest BCUT2D eigenvalue weighted by Crippen LogP contribution is 2.30. The van der Waals surface area contributed by atoms with Crippen LogP contribution in [0.4, 0.5) is 0 Å². The van der Waals surface area contributed by atoms with E-state index in [1.807, 2.05) is 13.1 Å². The number of hydrogen-bond acceptors (Lipinski definition) is 4. The summed E-state index contributed by atoms with van der Waals surface area (Å²) >= 11 is 0. The average Bonchev–Trinajstić information content (AvgIpc) is 3.32. The van der Waals surface area contributed by atoms with Crippen LogP contribution in [0.25, 0.3) is 0 Å². The van der Waals surface area contributed by atoms with E-state index in [0.717, 1.165) is 56.0 Å². The summed E-state index contributed by atoms with van der Waals surface area (Å²) in [5, 5.41) is 0. The van der Waals surface area contributed by atoms with E-state index in [1.54, 1.807) is 17.0 Å². The Morgan fingerprint density at radius 1 is 1.25 bits per heavy atom. The molecule has 28 heavy (non-hydrogen) atoms. The van der Waals surface area contributed by atoms with Crippen molar-refractivity contribution in [3.05, 3.63) is 51.5 Å². The number of pyridine rings is 1. The fourth-order valence-electron chi connectivity index (χ4n) is 4.24. The number of likely N-dealkylation sites (tertiary alicyclic amines) is 1. The van der Waals surface area contributed by atoms with Crippen molar-refractivity contribution >= 4 is 5.91 Å². The van der Waals surface area contributed by atoms with Gasteiger partial charge in [-0.15, -0.1) is 0 Å². The molecule has 0 aromatic carbocycles. The van der Waals surface area contributed by atoms with Crippen molar-refractivity contribution in [2.45, 2.75) is 52.2 Å². The number of rotatable bonds is 4. The fourth-order valence-corrected chi connectivity index (χ4v) is 4.24. The molecule has 0 spiro atoms. The van der Waals surface area contributed by atoms with Gasteiger partial charge in [0.2, 0.25) is 0 Å². The van der Waals surface area contributed by atoms with Crippen molar-refractivity contribution in [3.63, 3.8) is 0 Å². The highest BCUT2D eigenvalue weighted by Gasteiger charge is 2.28. The van der Waals surface area contributed by atoms with Crippen LogP contribution in [0.1, 0.15) is 59.4 Å². The molecule has 0 aliphatic carbocycles. The van der Waals surface area contributed by atoms with Crippen LogP contribution in [-0.4, -0.2) is 45.0 Å². The number of carbonyl (C=O) groups is 1. The molecule has 150 valence electrons. The van der Waals surface area contributed by atoms with Crippen LogP contribution in [0.15, 0.2) is 23.1 Å². The standard InChI is InChI=1S/C21H28N4O3/c1-14-5-6-17(20(26)23-14)21(27)24-9-7-16(8-10-24)13-25-15(2)12-22-19(25)18-4-3-11-28-18/h5-6,12,16,18H,3-4,7-11,13H2,1-2H3,(H,23,26). The lowest BCUT2D eigenvalue weighted by molar-refractivity contribution is 0.0676. The molecule has 0 radical (unpaired) electrons. The van der Waals surface area contributed by atoms with Gasteiger partial charge in [0.15, 0.2) is 0 Å². The van der Waals surface area contributed by atoms with Gasteiger partial charge in [-0.25, -0.2) is 4.98 Å². The monoisotopic (exact) mass is 384 g/mol. The SMILES string of the molecule is Cc1ccc(C(=O)N2CCC(Cn3c(C)cnc3C3CCCO3)CC2)c(=O)[nH]1. The molecule has 2 aromatic heterocycles. The Bertz CT molecular complexity index is 903. The number of aromatic amines is 1. The van der Waals surface area contributed by atoms with Gasteiger partial charge in [0.1, 0.15) is 17.5 Å². The van der Waals surface area contributed by atoms with E-state index in [-0.39, 0.29) is 23.1 Å². The molecule has 1 N–H and O–H groups in total. The Hall–Kier alpha value is -2.41. The van der Waals surface area contributed by atoms with E-state index in [9.17, 15) is 9.59 Å². The summed E-state index contributed by atoms with van der Waals surface area (Å²) in [6.07, 6.45) is 6.03. The lowest BCUT2D eigenvalue weighted by Crippen LogP contribution is -2.41. The second-order valence-corrected chi connectivity index (χ2v) is 7.99. The third kappa shape index (κ3) is 3.76. The first-order valence-corrected chi connectivity index (χ1v) is 10.2. The quantitative estimate of drug-likeness (QED) is 0.879. The summed E-state index contributed by atoms with van der Waals surface area (Å²) < 4.78 is 8.12. The van der Waals surface area contributed by atoms with E-state index in [0.29, 0.717) is 19.0 Å². The molecule has 7 heteroatoms. The van der Waals surface area contributed by atoms with Gasteiger partial charge in [0, 0.05) is 43.8 Å². The molecule has 1 atom stereocenters. The maximum Gasteiger partial charge on any atom is 0.260 e. The number of piperidine rings is 1. The minimum Gasteiger partial charge on any atom is -0.370 e. The van der Waals surface area contributed by atoms with Gasteiger partial charge in [-0.3, -0.25) is 9.59 Å². The summed E-state index contributed by atoms with van der Waals surface area (Å²) in [6, 6.07) is 3.40. The first-order valence-electron chi connectivity index (χ1n) is 10.2. The topological polar surface area (TPSA) is 80.2 Å². The lowest BCUT2D eigenvalue weighted by atomic mass is 9.96. The first kappa shape index (κ1) is 18.9. The Labute approximate surface area is 164 Å². The van der Waals surface area contributed by atoms with E-state index in [1.165, 1.54) is 0 Å². The molecule has 1 amide bonds. The molecule has 0 bridgehead atoms. The predicted octanol–water partition coefficient (Wildman–Crippen LogP) is 2.59. The zero-order valence-corrected chi connectivity index (χ0v) is 16.6. The summed E-state index contributed by atoms with van der Waals surface area (Å²) in [6.45, 7) is 6.99. The van der Waals surface area contributed by atoms with Crippen LogP contribution in [0.3, 0.4) is 0 Å². The van der Waals surface area contributed by atoms with Crippen LogP contribution in [0.5, 0.6) is 0 Å². The highest BCUT2D eigenvalue weighted by atomic mass is 16.5. The van der Waals surface area contributed by atoms with Crippen molar-refractivity contribution in [1.29, 1.82) is 0 Å². The zero-order chi connectivity index (χ0) is 19.7. The number of imidazole rings is 1. The normalized spacial score (nSPS) is 20.6. The minimum atomic E-state index is -0.303. The van der Waals surface area contributed by atoms with Gasteiger partial charge < -0.3 is 19.2 Å². The number of nitrogens with zero attached hydrogens (tertiary/aromatic N) is 3. The van der Waals surface area contributed by atoms with Crippen molar-refractivity contribution < 1.29 is 9.53 Å². The van der Waals surface area contributed by atoms with Crippen LogP contribution in [0.2, 0.25) is 0 Å². The summed E-state index contributed by atoms with van der Waals surface area (Å²) in [5.74, 6) is 1.37. The molecule has 2 fully saturated rings.